The molecule has 0 radical (unpaired) electrons. The first-order valence-corrected chi connectivity index (χ1v) is 6.69. The van der Waals surface area contributed by atoms with Crippen LogP contribution >= 0.6 is 7.26 Å². The summed E-state index contributed by atoms with van der Waals surface area (Å²) in [6.45, 7) is 11.5. The van der Waals surface area contributed by atoms with E-state index < -0.39 is 7.26 Å². The third kappa shape index (κ3) is 2.09. The molecule has 0 aromatic heterocycles. The summed E-state index contributed by atoms with van der Waals surface area (Å²) in [5.74, 6) is 0. The molecule has 0 spiro atoms. The molecule has 0 saturated heterocycles. The Morgan fingerprint density at radius 3 is 1.80 bits per heavy atom. The standard InChI is InChI=1S/C9H20P/c1-6-9(4)10(5,7-2)8-3/h6H,7-8H2,1-5H3/q+1/b9-6+. The van der Waals surface area contributed by atoms with Gasteiger partial charge in [-0.2, -0.15) is 0 Å². The maximum Gasteiger partial charge on any atom is 0.0639 e. The van der Waals surface area contributed by atoms with Crippen molar-refractivity contribution < 1.29 is 0 Å². The minimum absolute atomic E-state index is 0.661. The molecule has 0 aromatic rings. The van der Waals surface area contributed by atoms with E-state index in [2.05, 4.69) is 40.4 Å². The molecule has 0 N–H and O–H groups in total. The first-order chi connectivity index (χ1) is 4.60. The van der Waals surface area contributed by atoms with Crippen LogP contribution in [0.3, 0.4) is 0 Å². The molecule has 0 saturated carbocycles. The third-order valence-electron chi connectivity index (χ3n) is 2.67. The van der Waals surface area contributed by atoms with Gasteiger partial charge in [-0.25, -0.2) is 0 Å². The summed E-state index contributed by atoms with van der Waals surface area (Å²) in [5, 5.41) is 1.64. The quantitative estimate of drug-likeness (QED) is 0.552. The highest BCUT2D eigenvalue weighted by molar-refractivity contribution is 7.79. The van der Waals surface area contributed by atoms with Crippen molar-refractivity contribution >= 4 is 7.26 Å². The Bertz CT molecular complexity index is 121. The van der Waals surface area contributed by atoms with Gasteiger partial charge in [0.25, 0.3) is 0 Å². The Labute approximate surface area is 66.1 Å². The van der Waals surface area contributed by atoms with Crippen molar-refractivity contribution in [2.45, 2.75) is 27.7 Å². The van der Waals surface area contributed by atoms with Gasteiger partial charge in [-0.15, -0.1) is 0 Å². The van der Waals surface area contributed by atoms with Gasteiger partial charge in [0, 0.05) is 7.26 Å². The Morgan fingerprint density at radius 1 is 1.30 bits per heavy atom. The van der Waals surface area contributed by atoms with Gasteiger partial charge in [0.15, 0.2) is 0 Å². The maximum absolute atomic E-state index is 2.45. The molecule has 10 heavy (non-hydrogen) atoms. The average Bonchev–Trinajstić information content (AvgIpc) is 2.01. The second kappa shape index (κ2) is 4.13. The summed E-state index contributed by atoms with van der Waals surface area (Å²) in [6, 6.07) is 0. The lowest BCUT2D eigenvalue weighted by molar-refractivity contribution is 1.35. The smallest absolute Gasteiger partial charge is 0.0498 e. The Balaban J connectivity index is 4.32. The zero-order chi connectivity index (χ0) is 8.20. The fourth-order valence-electron chi connectivity index (χ4n) is 1.03. The van der Waals surface area contributed by atoms with Crippen LogP contribution < -0.4 is 0 Å². The van der Waals surface area contributed by atoms with E-state index in [-0.39, 0.29) is 0 Å². The van der Waals surface area contributed by atoms with Crippen LogP contribution in [0.2, 0.25) is 0 Å². The molecule has 0 aliphatic rings. The molecular weight excluding hydrogens is 139 g/mol. The lowest BCUT2D eigenvalue weighted by Crippen LogP contribution is -1.97. The van der Waals surface area contributed by atoms with Crippen molar-refractivity contribution in [2.75, 3.05) is 19.0 Å². The number of rotatable bonds is 3. The van der Waals surface area contributed by atoms with Gasteiger partial charge in [0.05, 0.1) is 24.3 Å². The summed E-state index contributed by atoms with van der Waals surface area (Å²) in [5.41, 5.74) is 0. The zero-order valence-corrected chi connectivity index (χ0v) is 8.83. The number of hydrogen-bond acceptors (Lipinski definition) is 0. The highest BCUT2D eigenvalue weighted by Gasteiger charge is 2.28. The van der Waals surface area contributed by atoms with Crippen molar-refractivity contribution in [3.63, 3.8) is 0 Å². The van der Waals surface area contributed by atoms with E-state index in [4.69, 9.17) is 0 Å². The molecule has 0 fully saturated rings. The van der Waals surface area contributed by atoms with Crippen LogP contribution in [0.1, 0.15) is 27.7 Å². The van der Waals surface area contributed by atoms with E-state index in [0.717, 1.165) is 0 Å². The first-order valence-electron chi connectivity index (χ1n) is 4.08. The molecule has 0 unspecified atom stereocenters. The summed E-state index contributed by atoms with van der Waals surface area (Å²) in [6.07, 6.45) is 5.00. The minimum atomic E-state index is -0.661. The highest BCUT2D eigenvalue weighted by Crippen LogP contribution is 2.61. The molecular formula is C9H20P+. The molecule has 0 nitrogen and oxygen atoms in total. The zero-order valence-electron chi connectivity index (χ0n) is 7.94. The van der Waals surface area contributed by atoms with Gasteiger partial charge in [0.1, 0.15) is 0 Å². The lowest BCUT2D eigenvalue weighted by Gasteiger charge is -2.19. The van der Waals surface area contributed by atoms with Gasteiger partial charge in [-0.3, -0.25) is 0 Å². The molecule has 60 valence electrons. The Hall–Kier alpha value is 0.170. The van der Waals surface area contributed by atoms with E-state index in [9.17, 15) is 0 Å². The summed E-state index contributed by atoms with van der Waals surface area (Å²) in [7, 11) is -0.661. The molecule has 0 bridgehead atoms. The van der Waals surface area contributed by atoms with E-state index >= 15 is 0 Å². The van der Waals surface area contributed by atoms with Gasteiger partial charge in [0.2, 0.25) is 0 Å². The summed E-state index contributed by atoms with van der Waals surface area (Å²) < 4.78 is 0. The van der Waals surface area contributed by atoms with Crippen LogP contribution in [0.4, 0.5) is 0 Å². The molecule has 0 aromatic carbocycles. The molecule has 0 aliphatic heterocycles. The van der Waals surface area contributed by atoms with Crippen LogP contribution in [-0.2, 0) is 0 Å². The Kier molecular flexibility index (Phi) is 4.20. The fourth-order valence-corrected chi connectivity index (χ4v) is 3.10. The van der Waals surface area contributed by atoms with E-state index in [1.165, 1.54) is 12.3 Å². The predicted molar refractivity (Wildman–Crippen MR) is 53.4 cm³/mol. The summed E-state index contributed by atoms with van der Waals surface area (Å²) in [4.78, 5) is 0. The SMILES string of the molecule is C/C=C(\C)[P+](C)(CC)CC. The van der Waals surface area contributed by atoms with E-state index in [0.29, 0.717) is 0 Å². The van der Waals surface area contributed by atoms with Crippen LogP contribution in [0.5, 0.6) is 0 Å². The summed E-state index contributed by atoms with van der Waals surface area (Å²) >= 11 is 0. The predicted octanol–water partition coefficient (Wildman–Crippen LogP) is 3.60. The number of allylic oxidation sites excluding steroid dienone is 2. The van der Waals surface area contributed by atoms with Crippen LogP contribution in [-0.4, -0.2) is 19.0 Å². The first kappa shape index (κ1) is 10.2. The van der Waals surface area contributed by atoms with Gasteiger partial charge in [-0.05, 0) is 33.8 Å². The molecule has 0 amide bonds. The van der Waals surface area contributed by atoms with Gasteiger partial charge in [-0.1, -0.05) is 0 Å². The fraction of sp³-hybridized carbons (Fsp3) is 0.778. The second-order valence-electron chi connectivity index (χ2n) is 2.96. The molecule has 0 heterocycles. The van der Waals surface area contributed by atoms with Crippen molar-refractivity contribution in [3.05, 3.63) is 11.4 Å². The van der Waals surface area contributed by atoms with Crippen LogP contribution in [0.15, 0.2) is 11.4 Å². The van der Waals surface area contributed by atoms with Crippen molar-refractivity contribution in [1.29, 1.82) is 0 Å². The van der Waals surface area contributed by atoms with Crippen LogP contribution in [0, 0.1) is 0 Å². The van der Waals surface area contributed by atoms with Crippen molar-refractivity contribution in [2.24, 2.45) is 0 Å². The highest BCUT2D eigenvalue weighted by atomic mass is 31.2. The van der Waals surface area contributed by atoms with E-state index in [1.54, 1.807) is 5.31 Å². The third-order valence-corrected chi connectivity index (χ3v) is 7.42. The van der Waals surface area contributed by atoms with Gasteiger partial charge >= 0.3 is 0 Å². The monoisotopic (exact) mass is 159 g/mol. The molecule has 1 heteroatoms. The second-order valence-corrected chi connectivity index (χ2v) is 7.72. The topological polar surface area (TPSA) is 0 Å². The van der Waals surface area contributed by atoms with Crippen molar-refractivity contribution in [3.8, 4) is 0 Å². The lowest BCUT2D eigenvalue weighted by atomic mass is 10.6. The van der Waals surface area contributed by atoms with Gasteiger partial charge < -0.3 is 0 Å². The minimum Gasteiger partial charge on any atom is -0.0498 e. The van der Waals surface area contributed by atoms with E-state index in [1.807, 2.05) is 0 Å². The largest absolute Gasteiger partial charge is 0.0639 e. The normalized spacial score (nSPS) is 13.9. The van der Waals surface area contributed by atoms with Crippen LogP contribution in [0.25, 0.3) is 0 Å². The number of hydrogen-bond donors (Lipinski definition) is 0. The molecule has 0 atom stereocenters. The maximum atomic E-state index is 2.45. The van der Waals surface area contributed by atoms with Crippen molar-refractivity contribution in [1.82, 2.24) is 0 Å². The Morgan fingerprint density at radius 2 is 1.70 bits per heavy atom. The molecule has 0 rings (SSSR count). The average molecular weight is 159 g/mol. The molecule has 0 aliphatic carbocycles.